The third-order valence-electron chi connectivity index (χ3n) is 4.84. The maximum absolute atomic E-state index is 9.30. The van der Waals surface area contributed by atoms with Gasteiger partial charge in [-0.2, -0.15) is 5.26 Å². The van der Waals surface area contributed by atoms with Crippen molar-refractivity contribution in [3.05, 3.63) is 90.0 Å². The van der Waals surface area contributed by atoms with Gasteiger partial charge in [-0.25, -0.2) is 0 Å². The molecule has 3 aromatic carbocycles. The van der Waals surface area contributed by atoms with E-state index in [1.165, 1.54) is 0 Å². The Balaban J connectivity index is 1.44. The summed E-state index contributed by atoms with van der Waals surface area (Å²) >= 11 is 0. The summed E-state index contributed by atoms with van der Waals surface area (Å²) in [4.78, 5) is 0. The number of hydrogen-bond acceptors (Lipinski definition) is 2. The van der Waals surface area contributed by atoms with E-state index < -0.39 is 0 Å². The fourth-order valence-corrected chi connectivity index (χ4v) is 3.06. The Morgan fingerprint density at radius 2 is 1.40 bits per heavy atom. The molecular formula is C23H19NO. The molecule has 122 valence electrons. The van der Waals surface area contributed by atoms with E-state index in [0.717, 1.165) is 40.8 Å². The average molecular weight is 325 g/mol. The quantitative estimate of drug-likeness (QED) is 0.621. The third-order valence-corrected chi connectivity index (χ3v) is 4.84. The summed E-state index contributed by atoms with van der Waals surface area (Å²) in [6, 6.07) is 29.1. The zero-order valence-corrected chi connectivity index (χ0v) is 14.0. The van der Waals surface area contributed by atoms with Crippen LogP contribution in [0.15, 0.2) is 78.9 Å². The van der Waals surface area contributed by atoms with Gasteiger partial charge < -0.3 is 4.74 Å². The van der Waals surface area contributed by atoms with Gasteiger partial charge in [0.2, 0.25) is 0 Å². The highest BCUT2D eigenvalue weighted by Gasteiger charge is 2.44. The Labute approximate surface area is 148 Å². The molecular weight excluding hydrogens is 306 g/mol. The second-order valence-corrected chi connectivity index (χ2v) is 6.57. The summed E-state index contributed by atoms with van der Waals surface area (Å²) in [5.41, 5.74) is 4.40. The Hall–Kier alpha value is -3.05. The van der Waals surface area contributed by atoms with Crippen LogP contribution in [0.5, 0.6) is 5.75 Å². The molecule has 2 nitrogen and oxygen atoms in total. The number of ether oxygens (including phenoxy) is 1. The molecule has 0 N–H and O–H groups in total. The van der Waals surface area contributed by atoms with Crippen molar-refractivity contribution < 1.29 is 4.74 Å². The molecule has 1 aliphatic carbocycles. The molecule has 0 heterocycles. The first-order valence-corrected chi connectivity index (χ1v) is 8.58. The minimum Gasteiger partial charge on any atom is -0.489 e. The Bertz CT molecular complexity index is 886. The average Bonchev–Trinajstić information content (AvgIpc) is 3.49. The first-order chi connectivity index (χ1) is 12.3. The zero-order valence-electron chi connectivity index (χ0n) is 14.0. The van der Waals surface area contributed by atoms with Gasteiger partial charge in [-0.05, 0) is 47.2 Å². The first kappa shape index (κ1) is 15.5. The molecule has 4 rings (SSSR count). The summed E-state index contributed by atoms with van der Waals surface area (Å²) < 4.78 is 5.83. The minimum absolute atomic E-state index is 0.215. The highest BCUT2D eigenvalue weighted by Crippen LogP contribution is 2.47. The molecule has 2 heteroatoms. The second kappa shape index (κ2) is 6.45. The summed E-state index contributed by atoms with van der Waals surface area (Å²) in [6.45, 7) is 0.575. The van der Waals surface area contributed by atoms with Gasteiger partial charge in [0.05, 0.1) is 11.5 Å². The molecule has 0 atom stereocenters. The topological polar surface area (TPSA) is 33.0 Å². The van der Waals surface area contributed by atoms with Crippen molar-refractivity contribution in [2.24, 2.45) is 0 Å². The third kappa shape index (κ3) is 3.27. The van der Waals surface area contributed by atoms with Crippen molar-refractivity contribution in [3.8, 4) is 22.9 Å². The highest BCUT2D eigenvalue weighted by molar-refractivity contribution is 5.65. The van der Waals surface area contributed by atoms with E-state index in [1.807, 2.05) is 30.3 Å². The molecule has 0 saturated heterocycles. The van der Waals surface area contributed by atoms with Crippen molar-refractivity contribution in [1.82, 2.24) is 0 Å². The number of hydrogen-bond donors (Lipinski definition) is 0. The van der Waals surface area contributed by atoms with Crippen LogP contribution >= 0.6 is 0 Å². The largest absolute Gasteiger partial charge is 0.489 e. The molecule has 25 heavy (non-hydrogen) atoms. The van der Waals surface area contributed by atoms with Gasteiger partial charge in [-0.3, -0.25) is 0 Å². The molecule has 0 radical (unpaired) electrons. The van der Waals surface area contributed by atoms with Crippen LogP contribution in [0.4, 0.5) is 0 Å². The summed E-state index contributed by atoms with van der Waals surface area (Å²) in [5, 5.41) is 9.30. The van der Waals surface area contributed by atoms with Crippen molar-refractivity contribution in [3.63, 3.8) is 0 Å². The first-order valence-electron chi connectivity index (χ1n) is 8.58. The van der Waals surface area contributed by atoms with Crippen LogP contribution in [0.1, 0.15) is 24.0 Å². The molecule has 0 amide bonds. The summed E-state index contributed by atoms with van der Waals surface area (Å²) in [7, 11) is 0. The van der Waals surface area contributed by atoms with E-state index in [-0.39, 0.29) is 5.41 Å². The molecule has 0 bridgehead atoms. The van der Waals surface area contributed by atoms with Crippen molar-refractivity contribution >= 4 is 0 Å². The smallest absolute Gasteiger partial charge is 0.119 e. The van der Waals surface area contributed by atoms with Gasteiger partial charge in [0.25, 0.3) is 0 Å². The number of nitriles is 1. The van der Waals surface area contributed by atoms with E-state index >= 15 is 0 Å². The van der Waals surface area contributed by atoms with Gasteiger partial charge in [0.1, 0.15) is 12.4 Å². The number of rotatable bonds is 5. The number of nitrogens with zero attached hydrogens (tertiary/aromatic N) is 1. The Morgan fingerprint density at radius 3 is 1.96 bits per heavy atom. The van der Waals surface area contributed by atoms with E-state index in [2.05, 4.69) is 54.6 Å². The zero-order chi connectivity index (χ0) is 17.1. The molecule has 0 spiro atoms. The lowest BCUT2D eigenvalue weighted by Crippen LogP contribution is -2.01. The van der Waals surface area contributed by atoms with Crippen molar-refractivity contribution in [2.45, 2.75) is 24.9 Å². The second-order valence-electron chi connectivity index (χ2n) is 6.57. The van der Waals surface area contributed by atoms with Crippen LogP contribution in [0.3, 0.4) is 0 Å². The van der Waals surface area contributed by atoms with Crippen LogP contribution in [0, 0.1) is 11.3 Å². The number of benzene rings is 3. The van der Waals surface area contributed by atoms with Gasteiger partial charge in [-0.15, -0.1) is 0 Å². The van der Waals surface area contributed by atoms with Crippen LogP contribution in [-0.2, 0) is 12.0 Å². The van der Waals surface area contributed by atoms with Crippen LogP contribution in [-0.4, -0.2) is 0 Å². The summed E-state index contributed by atoms with van der Waals surface area (Å²) in [6.07, 6.45) is 1.96. The molecule has 0 aliphatic heterocycles. The molecule has 1 aliphatic rings. The van der Waals surface area contributed by atoms with E-state index in [0.29, 0.717) is 6.61 Å². The Kier molecular flexibility index (Phi) is 3.99. The molecule has 0 unspecified atom stereocenters. The van der Waals surface area contributed by atoms with Gasteiger partial charge in [-0.1, -0.05) is 66.7 Å². The lowest BCUT2D eigenvalue weighted by Gasteiger charge is -2.09. The molecule has 3 aromatic rings. The van der Waals surface area contributed by atoms with Gasteiger partial charge in [0, 0.05) is 0 Å². The monoisotopic (exact) mass is 325 g/mol. The van der Waals surface area contributed by atoms with Crippen molar-refractivity contribution in [2.75, 3.05) is 0 Å². The lowest BCUT2D eigenvalue weighted by molar-refractivity contribution is 0.306. The van der Waals surface area contributed by atoms with Crippen LogP contribution in [0.2, 0.25) is 0 Å². The maximum atomic E-state index is 9.30. The van der Waals surface area contributed by atoms with Gasteiger partial charge >= 0.3 is 0 Å². The molecule has 0 aromatic heterocycles. The summed E-state index contributed by atoms with van der Waals surface area (Å²) in [5.74, 6) is 0.866. The molecule has 1 fully saturated rings. The predicted molar refractivity (Wildman–Crippen MR) is 99.2 cm³/mol. The fraction of sp³-hybridized carbons (Fsp3) is 0.174. The standard InChI is InChI=1S/C23H19NO/c24-17-23(14-15-23)21-10-6-19(7-11-21)20-8-12-22(13-9-20)25-16-18-4-2-1-3-5-18/h1-13H,14-16H2. The lowest BCUT2D eigenvalue weighted by atomic mass is 9.95. The highest BCUT2D eigenvalue weighted by atomic mass is 16.5. The van der Waals surface area contributed by atoms with Crippen LogP contribution in [0.25, 0.3) is 11.1 Å². The van der Waals surface area contributed by atoms with E-state index in [4.69, 9.17) is 4.74 Å². The SMILES string of the molecule is N#CC1(c2ccc(-c3ccc(OCc4ccccc4)cc3)cc2)CC1. The predicted octanol–water partition coefficient (Wildman–Crippen LogP) is 5.49. The van der Waals surface area contributed by atoms with Gasteiger partial charge in [0.15, 0.2) is 0 Å². The van der Waals surface area contributed by atoms with Crippen molar-refractivity contribution in [1.29, 1.82) is 5.26 Å². The minimum atomic E-state index is -0.215. The maximum Gasteiger partial charge on any atom is 0.119 e. The molecule has 1 saturated carbocycles. The Morgan fingerprint density at radius 1 is 0.800 bits per heavy atom. The fourth-order valence-electron chi connectivity index (χ4n) is 3.06. The van der Waals surface area contributed by atoms with Crippen LogP contribution < -0.4 is 4.74 Å². The van der Waals surface area contributed by atoms with E-state index in [9.17, 15) is 5.26 Å². The van der Waals surface area contributed by atoms with E-state index in [1.54, 1.807) is 0 Å². The normalized spacial score (nSPS) is 14.5.